The summed E-state index contributed by atoms with van der Waals surface area (Å²) >= 11 is 0. The van der Waals surface area contributed by atoms with E-state index in [4.69, 9.17) is 0 Å². The van der Waals surface area contributed by atoms with Crippen LogP contribution >= 0.6 is 0 Å². The van der Waals surface area contributed by atoms with Gasteiger partial charge in [0.2, 0.25) is 11.8 Å². The molecule has 1 aromatic carbocycles. The van der Waals surface area contributed by atoms with Gasteiger partial charge in [-0.3, -0.25) is 9.59 Å². The fraction of sp³-hybridized carbons (Fsp3) is 0.619. The summed E-state index contributed by atoms with van der Waals surface area (Å²) in [7, 11) is 0. The minimum Gasteiger partial charge on any atom is -0.348 e. The Morgan fingerprint density at radius 1 is 1.08 bits per heavy atom. The van der Waals surface area contributed by atoms with Crippen LogP contribution in [0.2, 0.25) is 0 Å². The molecule has 1 atom stereocenters. The first kappa shape index (κ1) is 17.5. The van der Waals surface area contributed by atoms with Crippen LogP contribution in [0.1, 0.15) is 57.1 Å². The molecule has 0 spiro atoms. The van der Waals surface area contributed by atoms with Gasteiger partial charge >= 0.3 is 0 Å². The number of nitrogens with one attached hydrogen (secondary N) is 2. The molecule has 4 aliphatic rings. The Hall–Kier alpha value is -1.91. The SMILES string of the molecule is CC(NC(=O)CNC(=O)C12CC3CC(CC(C3)C1)C2)c1ccc(F)cc1. The maximum atomic E-state index is 13.0. The van der Waals surface area contributed by atoms with Crippen molar-refractivity contribution in [3.8, 4) is 0 Å². The normalized spacial score (nSPS) is 32.9. The molecule has 2 N–H and O–H groups in total. The summed E-state index contributed by atoms with van der Waals surface area (Å²) in [5, 5.41) is 5.76. The van der Waals surface area contributed by atoms with E-state index >= 15 is 0 Å². The average molecular weight is 358 g/mol. The van der Waals surface area contributed by atoms with E-state index in [9.17, 15) is 14.0 Å². The molecule has 4 nitrogen and oxygen atoms in total. The second-order valence-corrected chi connectivity index (χ2v) is 8.72. The maximum absolute atomic E-state index is 13.0. The molecule has 4 saturated carbocycles. The van der Waals surface area contributed by atoms with Crippen molar-refractivity contribution in [2.75, 3.05) is 6.54 Å². The molecule has 0 aliphatic heterocycles. The van der Waals surface area contributed by atoms with Crippen LogP contribution in [0.3, 0.4) is 0 Å². The van der Waals surface area contributed by atoms with Crippen LogP contribution in [0.4, 0.5) is 4.39 Å². The summed E-state index contributed by atoms with van der Waals surface area (Å²) in [5.41, 5.74) is 0.615. The molecule has 4 aliphatic carbocycles. The summed E-state index contributed by atoms with van der Waals surface area (Å²) in [6, 6.07) is 5.86. The molecule has 2 amide bonds. The zero-order valence-electron chi connectivity index (χ0n) is 15.3. The number of carbonyl (C=O) groups excluding carboxylic acids is 2. The highest BCUT2D eigenvalue weighted by Gasteiger charge is 2.54. The largest absolute Gasteiger partial charge is 0.348 e. The van der Waals surface area contributed by atoms with E-state index < -0.39 is 0 Å². The first-order valence-electron chi connectivity index (χ1n) is 9.77. The summed E-state index contributed by atoms with van der Waals surface area (Å²) in [5.74, 6) is 1.69. The van der Waals surface area contributed by atoms with E-state index in [1.165, 1.54) is 31.4 Å². The first-order valence-corrected chi connectivity index (χ1v) is 9.77. The molecule has 26 heavy (non-hydrogen) atoms. The second kappa shape index (κ2) is 6.67. The van der Waals surface area contributed by atoms with Gasteiger partial charge in [0.25, 0.3) is 0 Å². The molecule has 0 aromatic heterocycles. The number of halogens is 1. The smallest absolute Gasteiger partial charge is 0.239 e. The van der Waals surface area contributed by atoms with E-state index in [0.29, 0.717) is 17.8 Å². The van der Waals surface area contributed by atoms with Crippen molar-refractivity contribution in [3.63, 3.8) is 0 Å². The fourth-order valence-electron chi connectivity index (χ4n) is 5.86. The third-order valence-corrected chi connectivity index (χ3v) is 6.68. The summed E-state index contributed by atoms with van der Waals surface area (Å²) < 4.78 is 13.0. The van der Waals surface area contributed by atoms with Crippen molar-refractivity contribution in [2.24, 2.45) is 23.2 Å². The predicted octanol–water partition coefficient (Wildman–Crippen LogP) is 3.34. The topological polar surface area (TPSA) is 58.2 Å². The lowest BCUT2D eigenvalue weighted by Gasteiger charge is -2.55. The van der Waals surface area contributed by atoms with Crippen LogP contribution in [0.25, 0.3) is 0 Å². The predicted molar refractivity (Wildman–Crippen MR) is 96.6 cm³/mol. The molecule has 140 valence electrons. The highest BCUT2D eigenvalue weighted by atomic mass is 19.1. The molecule has 0 radical (unpaired) electrons. The highest BCUT2D eigenvalue weighted by molar-refractivity contribution is 5.88. The average Bonchev–Trinajstić information content (AvgIpc) is 2.59. The van der Waals surface area contributed by atoms with Crippen molar-refractivity contribution in [1.82, 2.24) is 10.6 Å². The molecule has 0 heterocycles. The van der Waals surface area contributed by atoms with Crippen LogP contribution in [-0.2, 0) is 9.59 Å². The third kappa shape index (κ3) is 3.36. The van der Waals surface area contributed by atoms with E-state index in [1.807, 2.05) is 6.92 Å². The Bertz CT molecular complexity index is 665. The van der Waals surface area contributed by atoms with Crippen LogP contribution in [0.15, 0.2) is 24.3 Å². The van der Waals surface area contributed by atoms with Gasteiger partial charge in [0.15, 0.2) is 0 Å². The highest BCUT2D eigenvalue weighted by Crippen LogP contribution is 2.60. The van der Waals surface area contributed by atoms with Gasteiger partial charge in [-0.05, 0) is 80.9 Å². The molecule has 5 rings (SSSR count). The zero-order chi connectivity index (χ0) is 18.3. The number of hydrogen-bond donors (Lipinski definition) is 2. The summed E-state index contributed by atoms with van der Waals surface area (Å²) in [4.78, 5) is 25.1. The standard InChI is InChI=1S/C21H27FN2O2/c1-13(17-2-4-18(22)5-3-17)24-19(25)12-23-20(26)21-9-14-6-15(10-21)8-16(7-14)11-21/h2-5,13-16H,6-12H2,1H3,(H,23,26)(H,24,25). The number of rotatable bonds is 5. The third-order valence-electron chi connectivity index (χ3n) is 6.68. The van der Waals surface area contributed by atoms with Crippen molar-refractivity contribution in [3.05, 3.63) is 35.6 Å². The monoisotopic (exact) mass is 358 g/mol. The van der Waals surface area contributed by atoms with Gasteiger partial charge in [-0.25, -0.2) is 4.39 Å². The maximum Gasteiger partial charge on any atom is 0.239 e. The van der Waals surface area contributed by atoms with Crippen molar-refractivity contribution >= 4 is 11.8 Å². The van der Waals surface area contributed by atoms with Crippen LogP contribution in [0, 0.1) is 29.0 Å². The number of benzene rings is 1. The lowest BCUT2D eigenvalue weighted by molar-refractivity contribution is -0.147. The molecule has 4 fully saturated rings. The van der Waals surface area contributed by atoms with Gasteiger partial charge in [-0.15, -0.1) is 0 Å². The number of hydrogen-bond acceptors (Lipinski definition) is 2. The Labute approximate surface area is 153 Å². The van der Waals surface area contributed by atoms with Crippen LogP contribution in [-0.4, -0.2) is 18.4 Å². The minimum absolute atomic E-state index is 0.00607. The van der Waals surface area contributed by atoms with Gasteiger partial charge in [0.05, 0.1) is 12.6 Å². The molecule has 4 bridgehead atoms. The van der Waals surface area contributed by atoms with Gasteiger partial charge < -0.3 is 10.6 Å². The fourth-order valence-corrected chi connectivity index (χ4v) is 5.86. The molecular weight excluding hydrogens is 331 g/mol. The van der Waals surface area contributed by atoms with E-state index in [2.05, 4.69) is 10.6 Å². The molecule has 1 aromatic rings. The number of carbonyl (C=O) groups is 2. The first-order chi connectivity index (χ1) is 12.4. The Morgan fingerprint density at radius 3 is 2.15 bits per heavy atom. The second-order valence-electron chi connectivity index (χ2n) is 8.72. The van der Waals surface area contributed by atoms with Gasteiger partial charge in [0, 0.05) is 5.41 Å². The summed E-state index contributed by atoms with van der Waals surface area (Å²) in [6.45, 7) is 1.86. The Morgan fingerprint density at radius 2 is 1.62 bits per heavy atom. The molecule has 1 unspecified atom stereocenters. The van der Waals surface area contributed by atoms with Crippen LogP contribution < -0.4 is 10.6 Å². The van der Waals surface area contributed by atoms with Crippen molar-refractivity contribution < 1.29 is 14.0 Å². The van der Waals surface area contributed by atoms with E-state index in [0.717, 1.165) is 24.8 Å². The lowest BCUT2D eigenvalue weighted by Crippen LogP contribution is -2.54. The zero-order valence-corrected chi connectivity index (χ0v) is 15.3. The Balaban J connectivity index is 1.30. The van der Waals surface area contributed by atoms with E-state index in [-0.39, 0.29) is 35.6 Å². The van der Waals surface area contributed by atoms with E-state index in [1.54, 1.807) is 12.1 Å². The molecule has 0 saturated heterocycles. The minimum atomic E-state index is -0.296. The lowest BCUT2D eigenvalue weighted by atomic mass is 9.49. The van der Waals surface area contributed by atoms with Crippen LogP contribution in [0.5, 0.6) is 0 Å². The quantitative estimate of drug-likeness (QED) is 0.848. The molecular formula is C21H27FN2O2. The Kier molecular flexibility index (Phi) is 4.49. The molecule has 5 heteroatoms. The van der Waals surface area contributed by atoms with Gasteiger partial charge in [-0.2, -0.15) is 0 Å². The number of amides is 2. The summed E-state index contributed by atoms with van der Waals surface area (Å²) in [6.07, 6.45) is 6.88. The van der Waals surface area contributed by atoms with Crippen molar-refractivity contribution in [2.45, 2.75) is 51.5 Å². The van der Waals surface area contributed by atoms with Gasteiger partial charge in [-0.1, -0.05) is 12.1 Å². The van der Waals surface area contributed by atoms with Gasteiger partial charge in [0.1, 0.15) is 5.82 Å². The van der Waals surface area contributed by atoms with Crippen molar-refractivity contribution in [1.29, 1.82) is 0 Å².